The zero-order valence-corrected chi connectivity index (χ0v) is 14.0. The van der Waals surface area contributed by atoms with Gasteiger partial charge in [0.05, 0.1) is 5.56 Å². The van der Waals surface area contributed by atoms with Gasteiger partial charge in [0.2, 0.25) is 5.95 Å². The lowest BCUT2D eigenvalue weighted by Crippen LogP contribution is -2.25. The molecule has 2 rings (SSSR count). The summed E-state index contributed by atoms with van der Waals surface area (Å²) in [4.78, 5) is 20.1. The van der Waals surface area contributed by atoms with Gasteiger partial charge in [-0.15, -0.1) is 0 Å². The van der Waals surface area contributed by atoms with E-state index in [9.17, 15) is 4.79 Å². The van der Waals surface area contributed by atoms with Crippen molar-refractivity contribution >= 4 is 40.7 Å². The quantitative estimate of drug-likeness (QED) is 0.746. The summed E-state index contributed by atoms with van der Waals surface area (Å²) in [6, 6.07) is 5.03. The second kappa shape index (κ2) is 8.67. The zero-order valence-electron chi connectivity index (χ0n) is 12.5. The number of hydrogen-bond donors (Lipinski definition) is 2. The Morgan fingerprint density at radius 1 is 1.17 bits per heavy atom. The highest BCUT2D eigenvalue weighted by atomic mass is 35.5. The van der Waals surface area contributed by atoms with Crippen molar-refractivity contribution in [3.8, 4) is 0 Å². The Balaban J connectivity index is 1.95. The highest BCUT2D eigenvalue weighted by molar-refractivity contribution is 6.35. The molecule has 0 saturated carbocycles. The minimum Gasteiger partial charge on any atom is -0.385 e. The molecule has 8 heteroatoms. The molecule has 2 aromatic rings. The number of hydrogen-bond acceptors (Lipinski definition) is 5. The summed E-state index contributed by atoms with van der Waals surface area (Å²) < 4.78 is 4.92. The molecule has 23 heavy (non-hydrogen) atoms. The zero-order chi connectivity index (χ0) is 16.7. The fraction of sp³-hybridized carbons (Fsp3) is 0.267. The van der Waals surface area contributed by atoms with E-state index in [1.54, 1.807) is 25.3 Å². The number of anilines is 2. The Bertz CT molecular complexity index is 645. The number of rotatable bonds is 7. The van der Waals surface area contributed by atoms with Gasteiger partial charge in [0.25, 0.3) is 5.91 Å². The summed E-state index contributed by atoms with van der Waals surface area (Å²) in [5.41, 5.74) is 1.05. The molecule has 1 amide bonds. The first-order valence-corrected chi connectivity index (χ1v) is 7.66. The Morgan fingerprint density at radius 2 is 1.83 bits per heavy atom. The van der Waals surface area contributed by atoms with Crippen molar-refractivity contribution in [1.82, 2.24) is 15.3 Å². The topological polar surface area (TPSA) is 76.1 Å². The number of benzene rings is 1. The van der Waals surface area contributed by atoms with Gasteiger partial charge in [0.1, 0.15) is 0 Å². The average molecular weight is 355 g/mol. The van der Waals surface area contributed by atoms with Crippen molar-refractivity contribution in [3.63, 3.8) is 0 Å². The molecule has 0 unspecified atom stereocenters. The molecule has 0 spiro atoms. The van der Waals surface area contributed by atoms with Crippen molar-refractivity contribution in [2.24, 2.45) is 0 Å². The van der Waals surface area contributed by atoms with Crippen LogP contribution in [0, 0.1) is 0 Å². The van der Waals surface area contributed by atoms with E-state index in [1.165, 1.54) is 12.4 Å². The molecule has 0 aliphatic heterocycles. The van der Waals surface area contributed by atoms with E-state index in [0.29, 0.717) is 40.4 Å². The van der Waals surface area contributed by atoms with E-state index >= 15 is 0 Å². The molecule has 122 valence electrons. The van der Waals surface area contributed by atoms with Crippen LogP contribution in [0.5, 0.6) is 0 Å². The first kappa shape index (κ1) is 17.5. The Labute approximate surface area is 144 Å². The van der Waals surface area contributed by atoms with Crippen molar-refractivity contribution < 1.29 is 9.53 Å². The SMILES string of the molecule is COCCCNC(=O)c1cnc(Nc2cc(Cl)cc(Cl)c2)nc1. The summed E-state index contributed by atoms with van der Waals surface area (Å²) >= 11 is 11.9. The van der Waals surface area contributed by atoms with E-state index in [0.717, 1.165) is 6.42 Å². The van der Waals surface area contributed by atoms with Crippen molar-refractivity contribution in [2.75, 3.05) is 25.6 Å². The first-order valence-electron chi connectivity index (χ1n) is 6.91. The average Bonchev–Trinajstić information content (AvgIpc) is 2.51. The van der Waals surface area contributed by atoms with Gasteiger partial charge in [0, 0.05) is 48.4 Å². The lowest BCUT2D eigenvalue weighted by Gasteiger charge is -2.07. The number of carbonyl (C=O) groups excluding carboxylic acids is 1. The monoisotopic (exact) mass is 354 g/mol. The Kier molecular flexibility index (Phi) is 6.58. The summed E-state index contributed by atoms with van der Waals surface area (Å²) in [7, 11) is 1.62. The molecular weight excluding hydrogens is 339 g/mol. The number of nitrogens with one attached hydrogen (secondary N) is 2. The van der Waals surface area contributed by atoms with Gasteiger partial charge in [-0.3, -0.25) is 4.79 Å². The number of amides is 1. The van der Waals surface area contributed by atoms with Crippen LogP contribution in [0.15, 0.2) is 30.6 Å². The molecule has 0 radical (unpaired) electrons. The molecule has 0 saturated heterocycles. The third-order valence-corrected chi connectivity index (χ3v) is 3.28. The number of carbonyl (C=O) groups is 1. The molecule has 0 fully saturated rings. The van der Waals surface area contributed by atoms with Crippen molar-refractivity contribution in [2.45, 2.75) is 6.42 Å². The van der Waals surface area contributed by atoms with Crippen LogP contribution in [0.3, 0.4) is 0 Å². The molecule has 0 aliphatic rings. The van der Waals surface area contributed by atoms with Crippen molar-refractivity contribution in [3.05, 3.63) is 46.2 Å². The highest BCUT2D eigenvalue weighted by Gasteiger charge is 2.07. The van der Waals surface area contributed by atoms with Crippen LogP contribution in [0.2, 0.25) is 10.0 Å². The second-order valence-electron chi connectivity index (χ2n) is 4.68. The summed E-state index contributed by atoms with van der Waals surface area (Å²) in [5.74, 6) is 0.123. The van der Waals surface area contributed by atoms with Crippen LogP contribution >= 0.6 is 23.2 Å². The maximum Gasteiger partial charge on any atom is 0.254 e. The number of nitrogens with zero attached hydrogens (tertiary/aromatic N) is 2. The van der Waals surface area contributed by atoms with Crippen LogP contribution in [-0.4, -0.2) is 36.1 Å². The van der Waals surface area contributed by atoms with E-state index in [2.05, 4.69) is 20.6 Å². The molecule has 1 heterocycles. The van der Waals surface area contributed by atoms with Crippen LogP contribution in [0.25, 0.3) is 0 Å². The number of halogens is 2. The molecule has 2 N–H and O–H groups in total. The van der Waals surface area contributed by atoms with Gasteiger partial charge >= 0.3 is 0 Å². The minimum absolute atomic E-state index is 0.224. The lowest BCUT2D eigenvalue weighted by atomic mass is 10.3. The van der Waals surface area contributed by atoms with E-state index in [4.69, 9.17) is 27.9 Å². The molecule has 0 aliphatic carbocycles. The van der Waals surface area contributed by atoms with Crippen LogP contribution in [0.4, 0.5) is 11.6 Å². The van der Waals surface area contributed by atoms with E-state index in [1.807, 2.05) is 0 Å². The molecule has 1 aromatic carbocycles. The van der Waals surface area contributed by atoms with E-state index in [-0.39, 0.29) is 5.91 Å². The second-order valence-corrected chi connectivity index (χ2v) is 5.55. The van der Waals surface area contributed by atoms with Gasteiger partial charge in [-0.05, 0) is 24.6 Å². The largest absolute Gasteiger partial charge is 0.385 e. The normalized spacial score (nSPS) is 10.4. The fourth-order valence-electron chi connectivity index (χ4n) is 1.79. The van der Waals surface area contributed by atoms with Gasteiger partial charge in [-0.2, -0.15) is 0 Å². The van der Waals surface area contributed by atoms with Gasteiger partial charge in [0.15, 0.2) is 0 Å². The minimum atomic E-state index is -0.224. The standard InChI is InChI=1S/C15H16Cl2N4O2/c1-23-4-2-3-18-14(22)10-8-19-15(20-9-10)21-13-6-11(16)5-12(17)7-13/h5-9H,2-4H2,1H3,(H,18,22)(H,19,20,21). The molecular formula is C15H16Cl2N4O2. The van der Waals surface area contributed by atoms with Crippen molar-refractivity contribution in [1.29, 1.82) is 0 Å². The third-order valence-electron chi connectivity index (χ3n) is 2.84. The first-order chi connectivity index (χ1) is 11.1. The Morgan fingerprint density at radius 3 is 2.43 bits per heavy atom. The predicted octanol–water partition coefficient (Wildman–Crippen LogP) is 3.29. The highest BCUT2D eigenvalue weighted by Crippen LogP contribution is 2.23. The van der Waals surface area contributed by atoms with E-state index < -0.39 is 0 Å². The van der Waals surface area contributed by atoms with Crippen LogP contribution in [-0.2, 0) is 4.74 Å². The number of ether oxygens (including phenoxy) is 1. The summed E-state index contributed by atoms with van der Waals surface area (Å²) in [5, 5.41) is 6.75. The van der Waals surface area contributed by atoms with Crippen LogP contribution in [0.1, 0.15) is 16.8 Å². The fourth-order valence-corrected chi connectivity index (χ4v) is 2.31. The maximum absolute atomic E-state index is 11.9. The van der Waals surface area contributed by atoms with Crippen LogP contribution < -0.4 is 10.6 Å². The summed E-state index contributed by atoms with van der Waals surface area (Å²) in [6.45, 7) is 1.13. The molecule has 6 nitrogen and oxygen atoms in total. The maximum atomic E-state index is 11.9. The molecule has 0 bridgehead atoms. The van der Waals surface area contributed by atoms with Gasteiger partial charge in [-0.25, -0.2) is 9.97 Å². The summed E-state index contributed by atoms with van der Waals surface area (Å²) in [6.07, 6.45) is 3.65. The number of methoxy groups -OCH3 is 1. The number of aromatic nitrogens is 2. The molecule has 0 atom stereocenters. The lowest BCUT2D eigenvalue weighted by molar-refractivity contribution is 0.0948. The molecule has 1 aromatic heterocycles. The third kappa shape index (κ3) is 5.67. The van der Waals surface area contributed by atoms with Gasteiger partial charge < -0.3 is 15.4 Å². The smallest absolute Gasteiger partial charge is 0.254 e. The Hall–Kier alpha value is -1.89. The predicted molar refractivity (Wildman–Crippen MR) is 90.6 cm³/mol. The van der Waals surface area contributed by atoms with Gasteiger partial charge in [-0.1, -0.05) is 23.2 Å².